The Bertz CT molecular complexity index is 1320. The number of halogens is 5. The molecule has 2 heterocycles. The number of ether oxygens (including phenoxy) is 1. The van der Waals surface area contributed by atoms with E-state index < -0.39 is 29.4 Å². The first-order valence-electron chi connectivity index (χ1n) is 8.91. The van der Waals surface area contributed by atoms with Crippen molar-refractivity contribution in [2.45, 2.75) is 6.18 Å². The van der Waals surface area contributed by atoms with Crippen LogP contribution in [-0.2, 0) is 6.18 Å². The highest BCUT2D eigenvalue weighted by Crippen LogP contribution is 2.32. The third kappa shape index (κ3) is 4.32. The minimum Gasteiger partial charge on any atom is -0.495 e. The van der Waals surface area contributed by atoms with Crippen LogP contribution in [0.5, 0.6) is 5.75 Å². The quantitative estimate of drug-likeness (QED) is 0.423. The largest absolute Gasteiger partial charge is 0.495 e. The maximum atomic E-state index is 13.7. The molecule has 4 aromatic rings. The Kier molecular flexibility index (Phi) is 5.66. The van der Waals surface area contributed by atoms with Gasteiger partial charge in [-0.15, -0.1) is 5.10 Å². The summed E-state index contributed by atoms with van der Waals surface area (Å²) in [5.41, 5.74) is -0.550. The van der Waals surface area contributed by atoms with Crippen LogP contribution in [0.15, 0.2) is 48.5 Å². The summed E-state index contributed by atoms with van der Waals surface area (Å²) in [4.78, 5) is 20.7. The molecular weight excluding hydrogens is 470 g/mol. The second-order valence-corrected chi connectivity index (χ2v) is 7.35. The van der Waals surface area contributed by atoms with E-state index in [1.54, 1.807) is 6.07 Å². The molecule has 0 saturated carbocycles. The number of nitrogens with zero attached hydrogens (tertiary/aromatic N) is 4. The summed E-state index contributed by atoms with van der Waals surface area (Å²) in [6.45, 7) is 0. The molecule has 0 atom stereocenters. The van der Waals surface area contributed by atoms with Crippen molar-refractivity contribution in [2.24, 2.45) is 0 Å². The van der Waals surface area contributed by atoms with Gasteiger partial charge in [0.1, 0.15) is 5.75 Å². The number of methoxy groups -OCH3 is 1. The maximum Gasteiger partial charge on any atom is 0.433 e. The van der Waals surface area contributed by atoms with Crippen molar-refractivity contribution in [3.63, 3.8) is 0 Å². The first-order chi connectivity index (χ1) is 15.2. The molecule has 7 nitrogen and oxygen atoms in total. The molecule has 0 fully saturated rings. The van der Waals surface area contributed by atoms with Crippen molar-refractivity contribution in [1.29, 1.82) is 0 Å². The van der Waals surface area contributed by atoms with Gasteiger partial charge in [-0.05, 0) is 36.4 Å². The highest BCUT2D eigenvalue weighted by atomic mass is 35.5. The number of hydrogen-bond donors (Lipinski definition) is 1. The number of carbonyl (C=O) groups is 1. The number of rotatable bonds is 4. The molecule has 4 rings (SSSR count). The van der Waals surface area contributed by atoms with Gasteiger partial charge in [0.05, 0.1) is 18.5 Å². The van der Waals surface area contributed by atoms with E-state index in [-0.39, 0.29) is 11.4 Å². The molecule has 0 aliphatic carbocycles. The Morgan fingerprint density at radius 2 is 1.72 bits per heavy atom. The van der Waals surface area contributed by atoms with Crippen molar-refractivity contribution in [3.8, 4) is 17.0 Å². The van der Waals surface area contributed by atoms with Crippen LogP contribution in [0.1, 0.15) is 16.3 Å². The number of hydrogen-bond acceptors (Lipinski definition) is 5. The summed E-state index contributed by atoms with van der Waals surface area (Å²) in [6, 6.07) is 11.4. The van der Waals surface area contributed by atoms with Gasteiger partial charge < -0.3 is 10.1 Å². The first kappa shape index (κ1) is 21.8. The van der Waals surface area contributed by atoms with Crippen LogP contribution in [-0.4, -0.2) is 32.6 Å². The number of anilines is 1. The zero-order valence-corrected chi connectivity index (χ0v) is 17.6. The average molecular weight is 482 g/mol. The first-order valence-corrected chi connectivity index (χ1v) is 9.67. The Labute approximate surface area is 188 Å². The summed E-state index contributed by atoms with van der Waals surface area (Å²) < 4.78 is 46.7. The predicted molar refractivity (Wildman–Crippen MR) is 112 cm³/mol. The topological polar surface area (TPSA) is 81.4 Å². The fraction of sp³-hybridized carbons (Fsp3) is 0.100. The summed E-state index contributed by atoms with van der Waals surface area (Å²) >= 11 is 11.8. The fourth-order valence-corrected chi connectivity index (χ4v) is 3.19. The zero-order chi connectivity index (χ0) is 23.0. The van der Waals surface area contributed by atoms with Gasteiger partial charge in [0.15, 0.2) is 5.69 Å². The number of nitrogens with one attached hydrogen (secondary N) is 1. The molecule has 2 aromatic heterocycles. The van der Waals surface area contributed by atoms with Crippen LogP contribution in [0.2, 0.25) is 10.0 Å². The van der Waals surface area contributed by atoms with E-state index in [0.717, 1.165) is 6.07 Å². The average Bonchev–Trinajstić information content (AvgIpc) is 3.17. The van der Waals surface area contributed by atoms with Gasteiger partial charge in [0, 0.05) is 15.6 Å². The summed E-state index contributed by atoms with van der Waals surface area (Å²) in [5.74, 6) is -1.48. The van der Waals surface area contributed by atoms with E-state index in [4.69, 9.17) is 27.9 Å². The normalized spacial score (nSPS) is 11.6. The molecule has 1 N–H and O–H groups in total. The highest BCUT2D eigenvalue weighted by Gasteiger charge is 2.36. The Morgan fingerprint density at radius 1 is 1.03 bits per heavy atom. The van der Waals surface area contributed by atoms with Gasteiger partial charge >= 0.3 is 6.18 Å². The standard InChI is InChI=1S/C20H12Cl2F3N5O2/c1-32-15-7-6-12(22)8-14(15)26-18(31)17-28-19-27-13(10-2-4-11(21)5-3-10)9-16(20(23,24)25)30(19)29-17/h2-9H,1H3,(H,26,31). The van der Waals surface area contributed by atoms with Crippen molar-refractivity contribution < 1.29 is 22.7 Å². The molecule has 32 heavy (non-hydrogen) atoms. The zero-order valence-electron chi connectivity index (χ0n) is 16.1. The predicted octanol–water partition coefficient (Wildman–Crippen LogP) is 5.38. The lowest BCUT2D eigenvalue weighted by Crippen LogP contribution is -2.16. The van der Waals surface area contributed by atoms with Crippen molar-refractivity contribution in [1.82, 2.24) is 19.6 Å². The molecule has 12 heteroatoms. The van der Waals surface area contributed by atoms with Crippen molar-refractivity contribution in [2.75, 3.05) is 12.4 Å². The van der Waals surface area contributed by atoms with Gasteiger partial charge in [0.25, 0.3) is 11.7 Å². The Balaban J connectivity index is 1.78. The molecule has 0 aliphatic heterocycles. The molecule has 0 aliphatic rings. The molecular formula is C20H12Cl2F3N5O2. The van der Waals surface area contributed by atoms with Crippen molar-refractivity contribution >= 4 is 40.6 Å². The fourth-order valence-electron chi connectivity index (χ4n) is 2.89. The number of aromatic nitrogens is 4. The third-order valence-electron chi connectivity index (χ3n) is 4.36. The van der Waals surface area contributed by atoms with Crippen LogP contribution in [0.4, 0.5) is 18.9 Å². The Morgan fingerprint density at radius 3 is 2.38 bits per heavy atom. The smallest absolute Gasteiger partial charge is 0.433 e. The molecule has 0 bridgehead atoms. The summed E-state index contributed by atoms with van der Waals surface area (Å²) in [7, 11) is 1.39. The van der Waals surface area contributed by atoms with Crippen LogP contribution in [0, 0.1) is 0 Å². The number of amides is 1. The van der Waals surface area contributed by atoms with Crippen LogP contribution < -0.4 is 10.1 Å². The van der Waals surface area contributed by atoms with Gasteiger partial charge in [-0.1, -0.05) is 35.3 Å². The second-order valence-electron chi connectivity index (χ2n) is 6.48. The van der Waals surface area contributed by atoms with Gasteiger partial charge in [0.2, 0.25) is 5.82 Å². The minimum atomic E-state index is -4.78. The van der Waals surface area contributed by atoms with E-state index in [1.165, 1.54) is 43.5 Å². The van der Waals surface area contributed by atoms with Crippen LogP contribution >= 0.6 is 23.2 Å². The molecule has 164 valence electrons. The lowest BCUT2D eigenvalue weighted by atomic mass is 10.1. The van der Waals surface area contributed by atoms with E-state index in [2.05, 4.69) is 20.4 Å². The Hall–Kier alpha value is -3.37. The highest BCUT2D eigenvalue weighted by molar-refractivity contribution is 6.31. The van der Waals surface area contributed by atoms with E-state index in [1.807, 2.05) is 0 Å². The number of alkyl halides is 3. The maximum absolute atomic E-state index is 13.7. The molecule has 0 radical (unpaired) electrons. The van der Waals surface area contributed by atoms with Gasteiger partial charge in [-0.25, -0.2) is 4.98 Å². The molecule has 1 amide bonds. The van der Waals surface area contributed by atoms with Crippen molar-refractivity contribution in [3.05, 3.63) is 70.1 Å². The second kappa shape index (κ2) is 8.29. The van der Waals surface area contributed by atoms with Gasteiger partial charge in [-0.3, -0.25) is 4.79 Å². The van der Waals surface area contributed by atoms with Crippen LogP contribution in [0.3, 0.4) is 0 Å². The van der Waals surface area contributed by atoms with Crippen LogP contribution in [0.25, 0.3) is 17.0 Å². The monoisotopic (exact) mass is 481 g/mol. The third-order valence-corrected chi connectivity index (χ3v) is 4.84. The number of carbonyl (C=O) groups excluding carboxylic acids is 1. The SMILES string of the molecule is COc1ccc(Cl)cc1NC(=O)c1nc2nc(-c3ccc(Cl)cc3)cc(C(F)(F)F)n2n1. The van der Waals surface area contributed by atoms with E-state index >= 15 is 0 Å². The molecule has 0 saturated heterocycles. The lowest BCUT2D eigenvalue weighted by molar-refractivity contribution is -0.142. The lowest BCUT2D eigenvalue weighted by Gasteiger charge is -2.10. The number of benzene rings is 2. The van der Waals surface area contributed by atoms with Gasteiger partial charge in [-0.2, -0.15) is 22.7 Å². The summed E-state index contributed by atoms with van der Waals surface area (Å²) in [6.07, 6.45) is -4.78. The summed E-state index contributed by atoms with van der Waals surface area (Å²) in [5, 5.41) is 6.94. The molecule has 2 aromatic carbocycles. The number of fused-ring (bicyclic) bond motifs is 1. The van der Waals surface area contributed by atoms with E-state index in [0.29, 0.717) is 25.9 Å². The molecule has 0 unspecified atom stereocenters. The minimum absolute atomic E-state index is 0.00244. The van der Waals surface area contributed by atoms with E-state index in [9.17, 15) is 18.0 Å². The molecule has 0 spiro atoms.